The Bertz CT molecular complexity index is 1030. The second-order valence-corrected chi connectivity index (χ2v) is 7.79. The molecule has 0 saturated carbocycles. The predicted octanol–water partition coefficient (Wildman–Crippen LogP) is 6.31. The van der Waals surface area contributed by atoms with Gasteiger partial charge < -0.3 is 4.74 Å². The first-order valence-corrected chi connectivity index (χ1v) is 10.2. The number of rotatable bonds is 5. The lowest BCUT2D eigenvalue weighted by atomic mass is 10.1. The Balaban J connectivity index is 1.64. The van der Waals surface area contributed by atoms with Crippen LogP contribution in [0.25, 0.3) is 21.3 Å². The fourth-order valence-electron chi connectivity index (χ4n) is 2.65. The lowest BCUT2D eigenvalue weighted by Gasteiger charge is -2.05. The number of methoxy groups -OCH3 is 1. The van der Waals surface area contributed by atoms with Crippen LogP contribution in [0.3, 0.4) is 0 Å². The van der Waals surface area contributed by atoms with Crippen LogP contribution in [0.5, 0.6) is 5.75 Å². The van der Waals surface area contributed by atoms with Gasteiger partial charge in [-0.25, -0.2) is 9.97 Å². The molecular formula is C20H15ClN2OS2. The van der Waals surface area contributed by atoms with E-state index in [1.807, 2.05) is 42.5 Å². The van der Waals surface area contributed by atoms with Crippen LogP contribution in [-0.4, -0.2) is 17.1 Å². The highest BCUT2D eigenvalue weighted by atomic mass is 35.5. The molecule has 0 aliphatic carbocycles. The maximum Gasteiger partial charge on any atom is 0.190 e. The molecule has 0 amide bonds. The van der Waals surface area contributed by atoms with E-state index in [0.717, 1.165) is 32.8 Å². The molecule has 4 aromatic rings. The van der Waals surface area contributed by atoms with E-state index < -0.39 is 0 Å². The van der Waals surface area contributed by atoms with Crippen molar-refractivity contribution in [1.82, 2.24) is 9.97 Å². The molecule has 0 N–H and O–H groups in total. The molecular weight excluding hydrogens is 384 g/mol. The van der Waals surface area contributed by atoms with E-state index >= 15 is 0 Å². The third-order valence-corrected chi connectivity index (χ3v) is 6.04. The number of thioether (sulfide) groups is 1. The predicted molar refractivity (Wildman–Crippen MR) is 110 cm³/mol. The number of nitrogens with zero attached hydrogens (tertiary/aromatic N) is 2. The van der Waals surface area contributed by atoms with Gasteiger partial charge in [-0.15, -0.1) is 11.3 Å². The highest BCUT2D eigenvalue weighted by Crippen LogP contribution is 2.38. The lowest BCUT2D eigenvalue weighted by molar-refractivity contribution is 0.415. The Morgan fingerprint density at radius 1 is 1.04 bits per heavy atom. The molecule has 2 aromatic carbocycles. The normalized spacial score (nSPS) is 11.0. The first-order chi connectivity index (χ1) is 12.7. The SMILES string of the molecule is COc1ccc(-c2csc3nc(SCc4ccccc4)nc(Cl)c23)cc1. The molecule has 4 rings (SSSR count). The molecule has 3 nitrogen and oxygen atoms in total. The largest absolute Gasteiger partial charge is 0.497 e. The van der Waals surface area contributed by atoms with Crippen LogP contribution in [0, 0.1) is 0 Å². The smallest absolute Gasteiger partial charge is 0.190 e. The zero-order chi connectivity index (χ0) is 17.9. The van der Waals surface area contributed by atoms with E-state index in [0.29, 0.717) is 10.3 Å². The van der Waals surface area contributed by atoms with Gasteiger partial charge in [0, 0.05) is 16.7 Å². The molecule has 0 fully saturated rings. The summed E-state index contributed by atoms with van der Waals surface area (Å²) in [7, 11) is 1.66. The second-order valence-electron chi connectivity index (χ2n) is 5.63. The first-order valence-electron chi connectivity index (χ1n) is 8.00. The molecule has 26 heavy (non-hydrogen) atoms. The summed E-state index contributed by atoms with van der Waals surface area (Å²) in [4.78, 5) is 10.1. The third kappa shape index (κ3) is 3.56. The van der Waals surface area contributed by atoms with Crippen molar-refractivity contribution >= 4 is 44.9 Å². The molecule has 0 aliphatic heterocycles. The molecule has 0 saturated heterocycles. The van der Waals surface area contributed by atoms with Crippen molar-refractivity contribution in [2.24, 2.45) is 0 Å². The topological polar surface area (TPSA) is 35.0 Å². The number of fused-ring (bicyclic) bond motifs is 1. The van der Waals surface area contributed by atoms with Crippen molar-refractivity contribution in [3.8, 4) is 16.9 Å². The lowest BCUT2D eigenvalue weighted by Crippen LogP contribution is -1.90. The van der Waals surface area contributed by atoms with Gasteiger partial charge in [-0.2, -0.15) is 0 Å². The molecule has 2 heterocycles. The number of thiophene rings is 1. The van der Waals surface area contributed by atoms with E-state index in [4.69, 9.17) is 21.3 Å². The van der Waals surface area contributed by atoms with Gasteiger partial charge in [0.1, 0.15) is 15.7 Å². The highest BCUT2D eigenvalue weighted by Gasteiger charge is 2.14. The Morgan fingerprint density at radius 2 is 1.81 bits per heavy atom. The summed E-state index contributed by atoms with van der Waals surface area (Å²) in [5.41, 5.74) is 3.37. The maximum atomic E-state index is 6.52. The molecule has 0 atom stereocenters. The average molecular weight is 399 g/mol. The summed E-state index contributed by atoms with van der Waals surface area (Å²) in [6, 6.07) is 18.2. The number of benzene rings is 2. The quantitative estimate of drug-likeness (QED) is 0.224. The first kappa shape index (κ1) is 17.3. The Hall–Kier alpha value is -2.08. The van der Waals surface area contributed by atoms with Gasteiger partial charge in [-0.05, 0) is 23.3 Å². The fraction of sp³-hybridized carbons (Fsp3) is 0.100. The van der Waals surface area contributed by atoms with Crippen LogP contribution in [0.1, 0.15) is 5.56 Å². The number of halogens is 1. The molecule has 0 aliphatic rings. The van der Waals surface area contributed by atoms with E-state index in [-0.39, 0.29) is 0 Å². The fourth-order valence-corrected chi connectivity index (χ4v) is 4.83. The van der Waals surface area contributed by atoms with Crippen LogP contribution in [0.4, 0.5) is 0 Å². The van der Waals surface area contributed by atoms with E-state index in [9.17, 15) is 0 Å². The summed E-state index contributed by atoms with van der Waals surface area (Å²) in [5, 5.41) is 4.19. The van der Waals surface area contributed by atoms with E-state index in [1.54, 1.807) is 30.2 Å². The zero-order valence-electron chi connectivity index (χ0n) is 14.0. The van der Waals surface area contributed by atoms with Crippen LogP contribution in [0.2, 0.25) is 5.15 Å². The average Bonchev–Trinajstić information content (AvgIpc) is 3.12. The van der Waals surface area contributed by atoms with Crippen LogP contribution < -0.4 is 4.74 Å². The molecule has 0 bridgehead atoms. The van der Waals surface area contributed by atoms with Crippen molar-refractivity contribution in [2.75, 3.05) is 7.11 Å². The monoisotopic (exact) mass is 398 g/mol. The summed E-state index contributed by atoms with van der Waals surface area (Å²) >= 11 is 9.70. The van der Waals surface area contributed by atoms with Gasteiger partial charge in [-0.1, -0.05) is 65.8 Å². The minimum absolute atomic E-state index is 0.498. The van der Waals surface area contributed by atoms with Gasteiger partial charge in [-0.3, -0.25) is 0 Å². The molecule has 0 spiro atoms. The van der Waals surface area contributed by atoms with Crippen molar-refractivity contribution in [3.63, 3.8) is 0 Å². The van der Waals surface area contributed by atoms with Gasteiger partial charge in [0.05, 0.1) is 12.5 Å². The van der Waals surface area contributed by atoms with Crippen molar-refractivity contribution in [3.05, 3.63) is 70.7 Å². The van der Waals surface area contributed by atoms with Crippen LogP contribution in [0.15, 0.2) is 65.1 Å². The minimum atomic E-state index is 0.498. The van der Waals surface area contributed by atoms with Gasteiger partial charge in [0.15, 0.2) is 5.16 Å². The summed E-state index contributed by atoms with van der Waals surface area (Å²) < 4.78 is 5.23. The highest BCUT2D eigenvalue weighted by molar-refractivity contribution is 7.98. The van der Waals surface area contributed by atoms with Gasteiger partial charge in [0.2, 0.25) is 0 Å². The Kier molecular flexibility index (Phi) is 5.11. The van der Waals surface area contributed by atoms with Crippen LogP contribution in [-0.2, 0) is 5.75 Å². The van der Waals surface area contributed by atoms with E-state index in [2.05, 4.69) is 22.5 Å². The zero-order valence-corrected chi connectivity index (χ0v) is 16.4. The van der Waals surface area contributed by atoms with Crippen molar-refractivity contribution < 1.29 is 4.74 Å². The Morgan fingerprint density at radius 3 is 2.54 bits per heavy atom. The van der Waals surface area contributed by atoms with Crippen LogP contribution >= 0.6 is 34.7 Å². The van der Waals surface area contributed by atoms with Gasteiger partial charge in [0.25, 0.3) is 0 Å². The third-order valence-electron chi connectivity index (χ3n) is 3.98. The minimum Gasteiger partial charge on any atom is -0.497 e. The number of ether oxygens (including phenoxy) is 1. The number of aromatic nitrogens is 2. The second kappa shape index (κ2) is 7.66. The molecule has 2 aromatic heterocycles. The van der Waals surface area contributed by atoms with Crippen molar-refractivity contribution in [2.45, 2.75) is 10.9 Å². The molecule has 130 valence electrons. The van der Waals surface area contributed by atoms with Crippen molar-refractivity contribution in [1.29, 1.82) is 0 Å². The number of hydrogen-bond donors (Lipinski definition) is 0. The summed E-state index contributed by atoms with van der Waals surface area (Å²) in [6.07, 6.45) is 0. The standard InChI is InChI=1S/C20H15ClN2OS2/c1-24-15-9-7-14(8-10-15)16-12-25-19-17(16)18(21)22-20(23-19)26-11-13-5-3-2-4-6-13/h2-10,12H,11H2,1H3. The summed E-state index contributed by atoms with van der Waals surface area (Å²) in [5.74, 6) is 1.65. The Labute approximate surface area is 165 Å². The summed E-state index contributed by atoms with van der Waals surface area (Å²) in [6.45, 7) is 0. The molecule has 6 heteroatoms. The van der Waals surface area contributed by atoms with Gasteiger partial charge >= 0.3 is 0 Å². The molecule has 0 radical (unpaired) electrons. The van der Waals surface area contributed by atoms with E-state index in [1.165, 1.54) is 5.56 Å². The number of hydrogen-bond acceptors (Lipinski definition) is 5. The molecule has 0 unspecified atom stereocenters. The maximum absolute atomic E-state index is 6.52.